The van der Waals surface area contributed by atoms with Crippen LogP contribution in [-0.4, -0.2) is 37.9 Å². The van der Waals surface area contributed by atoms with Gasteiger partial charge in [0.15, 0.2) is 5.16 Å². The highest BCUT2D eigenvalue weighted by atomic mass is 32.2. The van der Waals surface area contributed by atoms with Crippen molar-refractivity contribution in [3.05, 3.63) is 88.6 Å². The second-order valence-corrected chi connectivity index (χ2v) is 8.43. The number of carbonyl (C=O) groups is 1. The predicted octanol–water partition coefficient (Wildman–Crippen LogP) is 3.10. The van der Waals surface area contributed by atoms with Gasteiger partial charge in [-0.1, -0.05) is 42.1 Å². The zero-order valence-corrected chi connectivity index (χ0v) is 19.1. The largest absolute Gasteiger partial charge is 0.496 e. The number of hydrogen-bond donors (Lipinski definition) is 1. The smallest absolute Gasteiger partial charge is 0.263 e. The van der Waals surface area contributed by atoms with E-state index in [-0.39, 0.29) is 23.8 Å². The fourth-order valence-corrected chi connectivity index (χ4v) is 4.52. The summed E-state index contributed by atoms with van der Waals surface area (Å²) in [5.41, 5.74) is 1.36. The molecule has 0 saturated carbocycles. The van der Waals surface area contributed by atoms with Crippen LogP contribution in [-0.2, 0) is 17.9 Å². The molecule has 0 radical (unpaired) electrons. The van der Waals surface area contributed by atoms with Gasteiger partial charge in [0, 0.05) is 5.56 Å². The van der Waals surface area contributed by atoms with E-state index >= 15 is 0 Å². The van der Waals surface area contributed by atoms with Gasteiger partial charge in [-0.05, 0) is 30.3 Å². The van der Waals surface area contributed by atoms with Crippen molar-refractivity contribution in [3.63, 3.8) is 0 Å². The van der Waals surface area contributed by atoms with Crippen LogP contribution in [0.5, 0.6) is 5.75 Å². The third-order valence-corrected chi connectivity index (χ3v) is 6.30. The minimum absolute atomic E-state index is 0.140. The first-order chi connectivity index (χ1) is 16.7. The summed E-state index contributed by atoms with van der Waals surface area (Å²) >= 11 is 1.25. The van der Waals surface area contributed by atoms with Crippen molar-refractivity contribution in [2.75, 3.05) is 12.9 Å². The van der Waals surface area contributed by atoms with Gasteiger partial charge in [0.25, 0.3) is 5.56 Å². The van der Waals surface area contributed by atoms with E-state index in [4.69, 9.17) is 9.15 Å². The van der Waals surface area contributed by atoms with E-state index in [1.54, 1.807) is 36.1 Å². The number of amides is 1. The Morgan fingerprint density at radius 3 is 2.74 bits per heavy atom. The van der Waals surface area contributed by atoms with Crippen molar-refractivity contribution < 1.29 is 13.9 Å². The van der Waals surface area contributed by atoms with Gasteiger partial charge in [-0.25, -0.2) is 0 Å². The number of thioether (sulfide) groups is 1. The lowest BCUT2D eigenvalue weighted by atomic mass is 10.2. The number of fused-ring (bicyclic) bond motifs is 3. The number of para-hydroxylation sites is 2. The first-order valence-corrected chi connectivity index (χ1v) is 11.5. The molecular formula is C24H21N5O4S. The normalized spacial score (nSPS) is 11.2. The Balaban J connectivity index is 1.50. The molecule has 172 valence electrons. The Morgan fingerprint density at radius 1 is 1.09 bits per heavy atom. The van der Waals surface area contributed by atoms with Crippen LogP contribution in [0.4, 0.5) is 0 Å². The second-order valence-electron chi connectivity index (χ2n) is 7.48. The Morgan fingerprint density at radius 2 is 1.91 bits per heavy atom. The zero-order chi connectivity index (χ0) is 23.5. The Kier molecular flexibility index (Phi) is 6.05. The van der Waals surface area contributed by atoms with Crippen LogP contribution < -0.4 is 15.6 Å². The summed E-state index contributed by atoms with van der Waals surface area (Å²) in [7, 11) is 1.60. The van der Waals surface area contributed by atoms with E-state index in [9.17, 15) is 9.59 Å². The van der Waals surface area contributed by atoms with Gasteiger partial charge < -0.3 is 14.5 Å². The Labute approximate surface area is 198 Å². The lowest BCUT2D eigenvalue weighted by Crippen LogP contribution is -2.25. The summed E-state index contributed by atoms with van der Waals surface area (Å²) in [5, 5.41) is 12.5. The SMILES string of the molecule is COc1ccccc1Cn1c(=O)c2ccccc2n2c(SCC(=O)NCc3ccco3)nnc12. The van der Waals surface area contributed by atoms with E-state index in [0.29, 0.717) is 39.9 Å². The summed E-state index contributed by atoms with van der Waals surface area (Å²) in [5.74, 6) is 1.74. The molecule has 5 rings (SSSR count). The standard InChI is InChI=1S/C24H21N5O4S/c1-32-20-11-5-2-7-16(20)14-28-22(31)18-9-3-4-10-19(18)29-23(28)26-27-24(29)34-15-21(30)25-13-17-8-6-12-33-17/h2-12H,13-15H2,1H3,(H,25,30). The maximum atomic E-state index is 13.4. The van der Waals surface area contributed by atoms with Crippen molar-refractivity contribution >= 4 is 34.3 Å². The quantitative estimate of drug-likeness (QED) is 0.344. The van der Waals surface area contributed by atoms with Crippen molar-refractivity contribution in [2.24, 2.45) is 0 Å². The van der Waals surface area contributed by atoms with Gasteiger partial charge in [-0.2, -0.15) is 0 Å². The van der Waals surface area contributed by atoms with Crippen LogP contribution in [0.2, 0.25) is 0 Å². The monoisotopic (exact) mass is 475 g/mol. The number of furan rings is 1. The third kappa shape index (κ3) is 4.15. The number of rotatable bonds is 8. The summed E-state index contributed by atoms with van der Waals surface area (Å²) in [4.78, 5) is 25.7. The van der Waals surface area contributed by atoms with Gasteiger partial charge in [-0.3, -0.25) is 18.6 Å². The molecule has 3 aromatic heterocycles. The molecule has 9 nitrogen and oxygen atoms in total. The lowest BCUT2D eigenvalue weighted by molar-refractivity contribution is -0.118. The number of carbonyl (C=O) groups excluding carboxylic acids is 1. The molecule has 0 aliphatic heterocycles. The van der Waals surface area contributed by atoms with Gasteiger partial charge in [0.1, 0.15) is 11.5 Å². The maximum absolute atomic E-state index is 13.4. The van der Waals surface area contributed by atoms with E-state index in [2.05, 4.69) is 15.5 Å². The molecule has 2 aromatic carbocycles. The van der Waals surface area contributed by atoms with Gasteiger partial charge in [0.2, 0.25) is 11.7 Å². The molecule has 0 aliphatic rings. The molecule has 34 heavy (non-hydrogen) atoms. The molecule has 0 fully saturated rings. The number of benzene rings is 2. The van der Waals surface area contributed by atoms with Crippen molar-refractivity contribution in [1.82, 2.24) is 24.5 Å². The van der Waals surface area contributed by atoms with E-state index in [1.165, 1.54) is 11.8 Å². The van der Waals surface area contributed by atoms with E-state index in [0.717, 1.165) is 5.56 Å². The fraction of sp³-hybridized carbons (Fsp3) is 0.167. The number of nitrogens with zero attached hydrogens (tertiary/aromatic N) is 4. The molecule has 0 saturated heterocycles. The average Bonchev–Trinajstić information content (AvgIpc) is 3.54. The van der Waals surface area contributed by atoms with E-state index < -0.39 is 0 Å². The minimum Gasteiger partial charge on any atom is -0.496 e. The predicted molar refractivity (Wildman–Crippen MR) is 128 cm³/mol. The minimum atomic E-state index is -0.172. The molecule has 5 aromatic rings. The molecule has 3 heterocycles. The first kappa shape index (κ1) is 21.8. The number of hydrogen-bond acceptors (Lipinski definition) is 7. The number of aromatic nitrogens is 4. The fourth-order valence-electron chi connectivity index (χ4n) is 3.75. The van der Waals surface area contributed by atoms with Crippen LogP contribution in [0.3, 0.4) is 0 Å². The summed E-state index contributed by atoms with van der Waals surface area (Å²) < 4.78 is 14.1. The van der Waals surface area contributed by atoms with Crippen molar-refractivity contribution in [2.45, 2.75) is 18.2 Å². The van der Waals surface area contributed by atoms with Gasteiger partial charge in [0.05, 0.1) is 43.1 Å². The van der Waals surface area contributed by atoms with Crippen LogP contribution in [0, 0.1) is 0 Å². The third-order valence-electron chi connectivity index (χ3n) is 5.37. The van der Waals surface area contributed by atoms with Gasteiger partial charge >= 0.3 is 0 Å². The summed E-state index contributed by atoms with van der Waals surface area (Å²) in [6, 6.07) is 18.4. The number of ether oxygens (including phenoxy) is 1. The molecule has 0 atom stereocenters. The maximum Gasteiger partial charge on any atom is 0.263 e. The lowest BCUT2D eigenvalue weighted by Gasteiger charge is -2.13. The molecule has 1 amide bonds. The first-order valence-electron chi connectivity index (χ1n) is 10.6. The topological polar surface area (TPSA) is 104 Å². The average molecular weight is 476 g/mol. The Bertz CT molecular complexity index is 1520. The number of nitrogens with one attached hydrogen (secondary N) is 1. The molecule has 10 heteroatoms. The summed E-state index contributed by atoms with van der Waals surface area (Å²) in [6.07, 6.45) is 1.56. The molecule has 0 spiro atoms. The highest BCUT2D eigenvalue weighted by Gasteiger charge is 2.18. The highest BCUT2D eigenvalue weighted by molar-refractivity contribution is 7.99. The molecule has 0 unspecified atom stereocenters. The zero-order valence-electron chi connectivity index (χ0n) is 18.3. The van der Waals surface area contributed by atoms with Crippen LogP contribution in [0.1, 0.15) is 11.3 Å². The Hall–Kier alpha value is -4.05. The highest BCUT2D eigenvalue weighted by Crippen LogP contribution is 2.23. The molecular weight excluding hydrogens is 454 g/mol. The molecule has 0 aliphatic carbocycles. The van der Waals surface area contributed by atoms with Crippen LogP contribution in [0.15, 0.2) is 81.3 Å². The second kappa shape index (κ2) is 9.44. The van der Waals surface area contributed by atoms with Crippen molar-refractivity contribution in [1.29, 1.82) is 0 Å². The van der Waals surface area contributed by atoms with Crippen LogP contribution in [0.25, 0.3) is 16.7 Å². The van der Waals surface area contributed by atoms with Crippen LogP contribution >= 0.6 is 11.8 Å². The van der Waals surface area contributed by atoms with E-state index in [1.807, 2.05) is 46.9 Å². The molecule has 0 bridgehead atoms. The van der Waals surface area contributed by atoms with Gasteiger partial charge in [-0.15, -0.1) is 10.2 Å². The summed E-state index contributed by atoms with van der Waals surface area (Å²) in [6.45, 7) is 0.581. The number of methoxy groups -OCH3 is 1. The van der Waals surface area contributed by atoms with Crippen molar-refractivity contribution in [3.8, 4) is 5.75 Å². The molecule has 1 N–H and O–H groups in total.